The number of nitrogens with one attached hydrogen (secondary N) is 2. The maximum Gasteiger partial charge on any atom is 0.337 e. The van der Waals surface area contributed by atoms with Gasteiger partial charge in [0.05, 0.1) is 23.4 Å². The van der Waals surface area contributed by atoms with Gasteiger partial charge in [0.15, 0.2) is 0 Å². The molecule has 6 heteroatoms. The normalized spacial score (nSPS) is 19.6. The zero-order valence-corrected chi connectivity index (χ0v) is 26.6. The fourth-order valence-corrected chi connectivity index (χ4v) is 5.83. The largest absolute Gasteiger partial charge is 0.460 e. The van der Waals surface area contributed by atoms with E-state index in [4.69, 9.17) is 9.47 Å². The SMILES string of the molecule is CC1=CC(NCC(C)NC2=C(C(=O)OC(C)C)C(c3ccccc3)CC(C)=C2)=C(C(=O)OC(C)C)C(c2ccccc2)C1. The second-order valence-electron chi connectivity index (χ2n) is 12.3. The minimum atomic E-state index is -0.298. The Bertz CT molecular complexity index is 1420. The number of rotatable bonds is 11. The monoisotopic (exact) mass is 582 g/mol. The summed E-state index contributed by atoms with van der Waals surface area (Å²) in [6.45, 7) is 14.3. The van der Waals surface area contributed by atoms with E-state index in [2.05, 4.69) is 67.8 Å². The van der Waals surface area contributed by atoms with Gasteiger partial charge in [-0.15, -0.1) is 0 Å². The molecule has 2 aliphatic carbocycles. The summed E-state index contributed by atoms with van der Waals surface area (Å²) < 4.78 is 11.5. The lowest BCUT2D eigenvalue weighted by Gasteiger charge is -2.31. The number of ether oxygens (including phenoxy) is 2. The number of carbonyl (C=O) groups is 2. The van der Waals surface area contributed by atoms with Gasteiger partial charge in [-0.1, -0.05) is 71.8 Å². The number of hydrogen-bond acceptors (Lipinski definition) is 6. The fraction of sp³-hybridized carbons (Fsp3) is 0.405. The van der Waals surface area contributed by atoms with E-state index < -0.39 is 0 Å². The summed E-state index contributed by atoms with van der Waals surface area (Å²) >= 11 is 0. The van der Waals surface area contributed by atoms with E-state index in [0.29, 0.717) is 17.7 Å². The molecule has 0 bridgehead atoms. The Morgan fingerprint density at radius 1 is 0.698 bits per heavy atom. The van der Waals surface area contributed by atoms with Crippen LogP contribution in [0.2, 0.25) is 0 Å². The predicted octanol–water partition coefficient (Wildman–Crippen LogP) is 7.23. The first kappa shape index (κ1) is 31.9. The molecule has 0 aliphatic heterocycles. The van der Waals surface area contributed by atoms with Crippen LogP contribution in [0.25, 0.3) is 0 Å². The van der Waals surface area contributed by atoms with Gasteiger partial charge in [0.25, 0.3) is 0 Å². The van der Waals surface area contributed by atoms with Crippen LogP contribution >= 0.6 is 0 Å². The van der Waals surface area contributed by atoms with Crippen LogP contribution in [-0.4, -0.2) is 36.7 Å². The summed E-state index contributed by atoms with van der Waals surface area (Å²) in [5.41, 5.74) is 7.41. The van der Waals surface area contributed by atoms with Crippen molar-refractivity contribution in [3.63, 3.8) is 0 Å². The predicted molar refractivity (Wildman–Crippen MR) is 172 cm³/mol. The van der Waals surface area contributed by atoms with E-state index in [1.165, 1.54) is 11.1 Å². The van der Waals surface area contributed by atoms with Gasteiger partial charge in [-0.3, -0.25) is 0 Å². The molecule has 228 valence electrons. The summed E-state index contributed by atoms with van der Waals surface area (Å²) in [7, 11) is 0. The topological polar surface area (TPSA) is 76.7 Å². The Balaban J connectivity index is 1.64. The lowest BCUT2D eigenvalue weighted by atomic mass is 9.80. The number of esters is 2. The number of benzene rings is 2. The summed E-state index contributed by atoms with van der Waals surface area (Å²) in [5.74, 6) is -0.795. The van der Waals surface area contributed by atoms with Gasteiger partial charge < -0.3 is 20.1 Å². The van der Waals surface area contributed by atoms with E-state index in [1.54, 1.807) is 0 Å². The summed E-state index contributed by atoms with van der Waals surface area (Å²) in [6.07, 6.45) is 5.19. The second-order valence-corrected chi connectivity index (χ2v) is 12.3. The van der Waals surface area contributed by atoms with E-state index >= 15 is 0 Å². The molecule has 3 atom stereocenters. The average molecular weight is 583 g/mol. The molecule has 2 N–H and O–H groups in total. The van der Waals surface area contributed by atoms with Crippen LogP contribution in [0.15, 0.2) is 107 Å². The van der Waals surface area contributed by atoms with Crippen LogP contribution in [0.1, 0.15) is 84.3 Å². The van der Waals surface area contributed by atoms with Gasteiger partial charge in [-0.2, -0.15) is 0 Å². The Labute approximate surface area is 256 Å². The van der Waals surface area contributed by atoms with E-state index in [9.17, 15) is 9.59 Å². The third-order valence-corrected chi connectivity index (χ3v) is 7.64. The van der Waals surface area contributed by atoms with Gasteiger partial charge in [-0.25, -0.2) is 9.59 Å². The van der Waals surface area contributed by atoms with Crippen molar-refractivity contribution in [3.8, 4) is 0 Å². The van der Waals surface area contributed by atoms with Gasteiger partial charge in [0.1, 0.15) is 0 Å². The van der Waals surface area contributed by atoms with Crippen molar-refractivity contribution in [3.05, 3.63) is 118 Å². The van der Waals surface area contributed by atoms with Gasteiger partial charge in [0, 0.05) is 35.8 Å². The number of allylic oxidation sites excluding steroid dienone is 4. The highest BCUT2D eigenvalue weighted by molar-refractivity contribution is 5.93. The minimum absolute atomic E-state index is 0.0731. The Morgan fingerprint density at radius 3 is 1.56 bits per heavy atom. The Hall–Kier alpha value is -4.06. The molecule has 0 aromatic heterocycles. The molecular formula is C37H46N2O4. The first-order valence-electron chi connectivity index (χ1n) is 15.4. The smallest absolute Gasteiger partial charge is 0.337 e. The first-order chi connectivity index (χ1) is 20.5. The highest BCUT2D eigenvalue weighted by Gasteiger charge is 2.33. The molecule has 2 aliphatic rings. The van der Waals surface area contributed by atoms with Crippen molar-refractivity contribution in [2.45, 2.75) is 91.4 Å². The van der Waals surface area contributed by atoms with Crippen molar-refractivity contribution in [2.75, 3.05) is 6.54 Å². The highest BCUT2D eigenvalue weighted by Crippen LogP contribution is 2.39. The molecule has 2 aromatic carbocycles. The third-order valence-electron chi connectivity index (χ3n) is 7.64. The average Bonchev–Trinajstić information content (AvgIpc) is 2.95. The lowest BCUT2D eigenvalue weighted by Crippen LogP contribution is -2.38. The van der Waals surface area contributed by atoms with Gasteiger partial charge >= 0.3 is 11.9 Å². The molecule has 0 radical (unpaired) electrons. The van der Waals surface area contributed by atoms with Crippen LogP contribution in [0.3, 0.4) is 0 Å². The van der Waals surface area contributed by atoms with Crippen LogP contribution in [0, 0.1) is 0 Å². The Morgan fingerprint density at radius 2 is 1.12 bits per heavy atom. The molecule has 0 heterocycles. The quantitative estimate of drug-likeness (QED) is 0.272. The molecular weight excluding hydrogens is 536 g/mol. The summed E-state index contributed by atoms with van der Waals surface area (Å²) in [6, 6.07) is 20.2. The molecule has 43 heavy (non-hydrogen) atoms. The number of hydrogen-bond donors (Lipinski definition) is 2. The van der Waals surface area contributed by atoms with Crippen LogP contribution < -0.4 is 10.6 Å². The van der Waals surface area contributed by atoms with Crippen molar-refractivity contribution in [1.82, 2.24) is 10.6 Å². The fourth-order valence-electron chi connectivity index (χ4n) is 5.83. The molecule has 3 unspecified atom stereocenters. The van der Waals surface area contributed by atoms with E-state index in [-0.39, 0.29) is 42.0 Å². The zero-order chi connectivity index (χ0) is 31.1. The summed E-state index contributed by atoms with van der Waals surface area (Å²) in [4.78, 5) is 26.9. The molecule has 0 spiro atoms. The standard InChI is InChI=1S/C37H46N2O4/c1-23(2)42-36(40)34-30(28-14-10-8-11-15-28)18-25(5)20-32(34)38-22-27(7)39-33-21-26(6)19-31(29-16-12-9-13-17-29)35(33)37(41)43-24(3)4/h8-17,20-21,23-24,27,30-31,38-39H,18-19,22H2,1-7H3. The van der Waals surface area contributed by atoms with Crippen LogP contribution in [0.5, 0.6) is 0 Å². The molecule has 0 saturated heterocycles. The minimum Gasteiger partial charge on any atom is -0.460 e. The second kappa shape index (κ2) is 14.4. The highest BCUT2D eigenvalue weighted by atomic mass is 16.5. The Kier molecular flexibility index (Phi) is 10.7. The molecule has 2 aromatic rings. The van der Waals surface area contributed by atoms with Crippen molar-refractivity contribution < 1.29 is 19.1 Å². The zero-order valence-electron chi connectivity index (χ0n) is 26.6. The van der Waals surface area contributed by atoms with Crippen molar-refractivity contribution in [2.24, 2.45) is 0 Å². The lowest BCUT2D eigenvalue weighted by molar-refractivity contribution is -0.144. The molecule has 0 saturated carbocycles. The van der Waals surface area contributed by atoms with E-state index in [1.807, 2.05) is 64.1 Å². The van der Waals surface area contributed by atoms with Gasteiger partial charge in [-0.05, 0) is 84.6 Å². The van der Waals surface area contributed by atoms with Gasteiger partial charge in [0.2, 0.25) is 0 Å². The third kappa shape index (κ3) is 8.28. The summed E-state index contributed by atoms with van der Waals surface area (Å²) in [5, 5.41) is 7.16. The van der Waals surface area contributed by atoms with Crippen molar-refractivity contribution >= 4 is 11.9 Å². The van der Waals surface area contributed by atoms with E-state index in [0.717, 1.165) is 35.4 Å². The van der Waals surface area contributed by atoms with Crippen LogP contribution in [0.4, 0.5) is 0 Å². The molecule has 6 nitrogen and oxygen atoms in total. The molecule has 4 rings (SSSR count). The molecule has 0 amide bonds. The molecule has 0 fully saturated rings. The maximum absolute atomic E-state index is 13.5. The number of carbonyl (C=O) groups excluding carboxylic acids is 2. The van der Waals surface area contributed by atoms with Crippen molar-refractivity contribution in [1.29, 1.82) is 0 Å². The maximum atomic E-state index is 13.5. The van der Waals surface area contributed by atoms with Crippen LogP contribution in [-0.2, 0) is 19.1 Å². The first-order valence-corrected chi connectivity index (χ1v) is 15.4.